The number of rotatable bonds is 1. The maximum absolute atomic E-state index is 10.5. The Hall–Kier alpha value is -1.62. The number of benzene rings is 1. The van der Waals surface area contributed by atoms with Gasteiger partial charge in [-0.2, -0.15) is 0 Å². The van der Waals surface area contributed by atoms with Crippen LogP contribution in [0.15, 0.2) is 18.2 Å². The van der Waals surface area contributed by atoms with Crippen molar-refractivity contribution in [3.8, 4) is 0 Å². The summed E-state index contributed by atoms with van der Waals surface area (Å²) in [5.41, 5.74) is 1.98. The van der Waals surface area contributed by atoms with E-state index in [9.17, 15) is 10.1 Å². The van der Waals surface area contributed by atoms with Crippen LogP contribution >= 0.6 is 0 Å². The third-order valence-corrected chi connectivity index (χ3v) is 2.54. The number of fused-ring (bicyclic) bond motifs is 1. The molecule has 2 N–H and O–H groups in total. The predicted octanol–water partition coefficient (Wildman–Crippen LogP) is 1.22. The lowest BCUT2D eigenvalue weighted by molar-refractivity contribution is -0.384. The molecule has 74 valence electrons. The number of hydrazine groups is 1. The maximum Gasteiger partial charge on any atom is 0.269 e. The Balaban J connectivity index is 2.44. The molecule has 5 nitrogen and oxygen atoms in total. The first-order valence-electron chi connectivity index (χ1n) is 4.41. The predicted molar refractivity (Wildman–Crippen MR) is 52.9 cm³/mol. The second-order valence-corrected chi connectivity index (χ2v) is 3.53. The van der Waals surface area contributed by atoms with E-state index in [4.69, 9.17) is 5.84 Å². The third-order valence-electron chi connectivity index (χ3n) is 2.54. The molecule has 0 radical (unpaired) electrons. The molecule has 5 heteroatoms. The molecule has 0 fully saturated rings. The van der Waals surface area contributed by atoms with Gasteiger partial charge in [0, 0.05) is 18.2 Å². The standard InChI is InChI=1S/C9H11N3O2/c1-6-4-7-5-8(12(13)14)2-3-9(7)11(6)10/h2-3,5-6H,4,10H2,1H3. The second kappa shape index (κ2) is 2.95. The van der Waals surface area contributed by atoms with E-state index in [0.29, 0.717) is 0 Å². The molecule has 2 rings (SSSR count). The minimum absolute atomic E-state index is 0.131. The van der Waals surface area contributed by atoms with E-state index in [1.807, 2.05) is 6.92 Å². The molecular weight excluding hydrogens is 182 g/mol. The minimum Gasteiger partial charge on any atom is -0.308 e. The quantitative estimate of drug-likeness (QED) is 0.413. The van der Waals surface area contributed by atoms with E-state index in [1.165, 1.54) is 6.07 Å². The van der Waals surface area contributed by atoms with Gasteiger partial charge >= 0.3 is 0 Å². The zero-order valence-corrected chi connectivity index (χ0v) is 7.80. The normalized spacial score (nSPS) is 19.6. The number of non-ortho nitro benzene ring substituents is 1. The molecule has 1 aliphatic heterocycles. The summed E-state index contributed by atoms with van der Waals surface area (Å²) in [7, 11) is 0. The van der Waals surface area contributed by atoms with Crippen LogP contribution in [0.2, 0.25) is 0 Å². The summed E-state index contributed by atoms with van der Waals surface area (Å²) in [4.78, 5) is 10.1. The topological polar surface area (TPSA) is 72.4 Å². The first kappa shape index (κ1) is 8.96. The summed E-state index contributed by atoms with van der Waals surface area (Å²) >= 11 is 0. The summed E-state index contributed by atoms with van der Waals surface area (Å²) in [5, 5.41) is 12.2. The zero-order chi connectivity index (χ0) is 10.3. The maximum atomic E-state index is 10.5. The number of nitrogens with two attached hydrogens (primary N) is 1. The van der Waals surface area contributed by atoms with Crippen LogP contribution in [0.3, 0.4) is 0 Å². The lowest BCUT2D eigenvalue weighted by Gasteiger charge is -2.17. The first-order chi connectivity index (χ1) is 6.59. The van der Waals surface area contributed by atoms with E-state index in [0.717, 1.165) is 17.7 Å². The van der Waals surface area contributed by atoms with Crippen molar-refractivity contribution in [3.05, 3.63) is 33.9 Å². The number of nitrogens with zero attached hydrogens (tertiary/aromatic N) is 2. The van der Waals surface area contributed by atoms with Crippen molar-refractivity contribution < 1.29 is 4.92 Å². The molecule has 0 saturated heterocycles. The van der Waals surface area contributed by atoms with Crippen molar-refractivity contribution in [2.75, 3.05) is 5.01 Å². The van der Waals surface area contributed by atoms with Gasteiger partial charge in [-0.05, 0) is 25.0 Å². The van der Waals surface area contributed by atoms with E-state index in [-0.39, 0.29) is 16.7 Å². The summed E-state index contributed by atoms with van der Waals surface area (Å²) in [6, 6.07) is 5.00. The fourth-order valence-corrected chi connectivity index (χ4v) is 1.75. The number of nitro benzene ring substituents is 1. The van der Waals surface area contributed by atoms with E-state index in [1.54, 1.807) is 17.1 Å². The molecule has 1 aromatic carbocycles. The van der Waals surface area contributed by atoms with Crippen molar-refractivity contribution in [3.63, 3.8) is 0 Å². The Morgan fingerprint density at radius 1 is 1.64 bits per heavy atom. The smallest absolute Gasteiger partial charge is 0.269 e. The highest BCUT2D eigenvalue weighted by Gasteiger charge is 2.25. The molecule has 0 aliphatic carbocycles. The summed E-state index contributed by atoms with van der Waals surface area (Å²) in [6.07, 6.45) is 0.771. The lowest BCUT2D eigenvalue weighted by Crippen LogP contribution is -2.35. The van der Waals surface area contributed by atoms with Crippen LogP contribution in [0.4, 0.5) is 11.4 Å². The third kappa shape index (κ3) is 1.22. The fourth-order valence-electron chi connectivity index (χ4n) is 1.75. The van der Waals surface area contributed by atoms with Crippen LogP contribution in [-0.4, -0.2) is 11.0 Å². The zero-order valence-electron chi connectivity index (χ0n) is 7.80. The molecule has 0 aromatic heterocycles. The highest BCUT2D eigenvalue weighted by molar-refractivity contribution is 5.61. The van der Waals surface area contributed by atoms with Crippen LogP contribution in [0, 0.1) is 10.1 Å². The molecule has 0 saturated carbocycles. The van der Waals surface area contributed by atoms with Crippen molar-refractivity contribution in [1.82, 2.24) is 0 Å². The van der Waals surface area contributed by atoms with Gasteiger partial charge in [0.1, 0.15) is 0 Å². The van der Waals surface area contributed by atoms with E-state index >= 15 is 0 Å². The molecule has 1 heterocycles. The lowest BCUT2D eigenvalue weighted by atomic mass is 10.1. The fraction of sp³-hybridized carbons (Fsp3) is 0.333. The minimum atomic E-state index is -0.385. The average Bonchev–Trinajstić information content (AvgIpc) is 2.42. The van der Waals surface area contributed by atoms with Gasteiger partial charge in [0.05, 0.1) is 10.6 Å². The molecule has 1 atom stereocenters. The Morgan fingerprint density at radius 2 is 2.36 bits per heavy atom. The number of hydrogen-bond acceptors (Lipinski definition) is 4. The SMILES string of the molecule is CC1Cc2cc([N+](=O)[O-])ccc2N1N. The van der Waals surface area contributed by atoms with E-state index < -0.39 is 0 Å². The highest BCUT2D eigenvalue weighted by Crippen LogP contribution is 2.32. The molecule has 0 bridgehead atoms. The molecule has 0 amide bonds. The Bertz CT molecular complexity index is 392. The van der Waals surface area contributed by atoms with Crippen LogP contribution in [0.1, 0.15) is 12.5 Å². The van der Waals surface area contributed by atoms with Crippen molar-refractivity contribution >= 4 is 11.4 Å². The Labute approximate surface area is 81.2 Å². The molecule has 14 heavy (non-hydrogen) atoms. The summed E-state index contributed by atoms with van der Waals surface area (Å²) < 4.78 is 0. The number of anilines is 1. The molecule has 1 aliphatic rings. The van der Waals surface area contributed by atoms with Gasteiger partial charge in [0.2, 0.25) is 0 Å². The molecule has 0 spiro atoms. The van der Waals surface area contributed by atoms with Gasteiger partial charge in [0.15, 0.2) is 0 Å². The van der Waals surface area contributed by atoms with Gasteiger partial charge in [-0.1, -0.05) is 0 Å². The van der Waals surface area contributed by atoms with Gasteiger partial charge in [-0.3, -0.25) is 10.1 Å². The second-order valence-electron chi connectivity index (χ2n) is 3.53. The summed E-state index contributed by atoms with van der Waals surface area (Å²) in [6.45, 7) is 1.99. The highest BCUT2D eigenvalue weighted by atomic mass is 16.6. The average molecular weight is 193 g/mol. The summed E-state index contributed by atoms with van der Waals surface area (Å²) in [5.74, 6) is 5.78. The van der Waals surface area contributed by atoms with Gasteiger partial charge in [0.25, 0.3) is 5.69 Å². The number of hydrogen-bond donors (Lipinski definition) is 1. The first-order valence-corrected chi connectivity index (χ1v) is 4.41. The van der Waals surface area contributed by atoms with Gasteiger partial charge < -0.3 is 5.01 Å². The van der Waals surface area contributed by atoms with Crippen LogP contribution in [0.5, 0.6) is 0 Å². The van der Waals surface area contributed by atoms with Crippen LogP contribution < -0.4 is 10.9 Å². The van der Waals surface area contributed by atoms with Crippen LogP contribution in [-0.2, 0) is 6.42 Å². The largest absolute Gasteiger partial charge is 0.308 e. The Morgan fingerprint density at radius 3 is 3.00 bits per heavy atom. The molecule has 1 aromatic rings. The molecular formula is C9H11N3O2. The van der Waals surface area contributed by atoms with Crippen LogP contribution in [0.25, 0.3) is 0 Å². The monoisotopic (exact) mass is 193 g/mol. The number of nitro groups is 1. The van der Waals surface area contributed by atoms with Gasteiger partial charge in [-0.15, -0.1) is 0 Å². The van der Waals surface area contributed by atoms with E-state index in [2.05, 4.69) is 0 Å². The Kier molecular flexibility index (Phi) is 1.89. The van der Waals surface area contributed by atoms with Crippen molar-refractivity contribution in [1.29, 1.82) is 0 Å². The van der Waals surface area contributed by atoms with Gasteiger partial charge in [-0.25, -0.2) is 5.84 Å². The molecule has 1 unspecified atom stereocenters. The van der Waals surface area contributed by atoms with Crippen molar-refractivity contribution in [2.45, 2.75) is 19.4 Å². The van der Waals surface area contributed by atoms with Crippen molar-refractivity contribution in [2.24, 2.45) is 5.84 Å².